The Bertz CT molecular complexity index is 471. The molecule has 0 amide bonds. The lowest BCUT2D eigenvalue weighted by Crippen LogP contribution is -2.42. The molecule has 4 nitrogen and oxygen atoms in total. The Balaban J connectivity index is 0.00000484. The molecular formula is C17H33IN4S. The van der Waals surface area contributed by atoms with Crippen LogP contribution < -0.4 is 10.6 Å². The second-order valence-electron chi connectivity index (χ2n) is 6.36. The summed E-state index contributed by atoms with van der Waals surface area (Å²) < 4.78 is 0. The van der Waals surface area contributed by atoms with Crippen LogP contribution in [0.4, 0.5) is 0 Å². The standard InChI is InChI=1S/C17H32N4S.HI/c1-12(2)8-7-9-13(3)20-17(18-6)19-11-10-16-14(4)21-15(5)22-16;/h12-13H,7-11H2,1-6H3,(H2,18,19,20);1H. The Morgan fingerprint density at radius 3 is 2.43 bits per heavy atom. The smallest absolute Gasteiger partial charge is 0.191 e. The highest BCUT2D eigenvalue weighted by molar-refractivity contribution is 14.0. The van der Waals surface area contributed by atoms with Gasteiger partial charge in [0.2, 0.25) is 0 Å². The molecule has 0 aliphatic heterocycles. The van der Waals surface area contributed by atoms with Crippen LogP contribution in [0.2, 0.25) is 0 Å². The first-order valence-corrected chi connectivity index (χ1v) is 9.14. The quantitative estimate of drug-likeness (QED) is 0.351. The fourth-order valence-corrected chi connectivity index (χ4v) is 3.37. The van der Waals surface area contributed by atoms with Crippen LogP contribution in [0, 0.1) is 19.8 Å². The average molecular weight is 452 g/mol. The number of thiazole rings is 1. The summed E-state index contributed by atoms with van der Waals surface area (Å²) >= 11 is 1.79. The summed E-state index contributed by atoms with van der Waals surface area (Å²) in [5, 5.41) is 8.02. The number of aliphatic imine (C=N–C) groups is 1. The van der Waals surface area contributed by atoms with E-state index < -0.39 is 0 Å². The molecule has 0 bridgehead atoms. The molecule has 1 heterocycles. The molecule has 0 saturated heterocycles. The molecule has 1 unspecified atom stereocenters. The molecule has 0 fully saturated rings. The van der Waals surface area contributed by atoms with Crippen LogP contribution in [0.5, 0.6) is 0 Å². The van der Waals surface area contributed by atoms with Gasteiger partial charge in [-0.15, -0.1) is 35.3 Å². The largest absolute Gasteiger partial charge is 0.356 e. The third kappa shape index (κ3) is 9.49. The molecular weight excluding hydrogens is 419 g/mol. The molecule has 1 aromatic rings. The second-order valence-corrected chi connectivity index (χ2v) is 7.65. The topological polar surface area (TPSA) is 49.3 Å². The monoisotopic (exact) mass is 452 g/mol. The fraction of sp³-hybridized carbons (Fsp3) is 0.765. The Labute approximate surface area is 163 Å². The summed E-state index contributed by atoms with van der Waals surface area (Å²) in [7, 11) is 1.83. The predicted molar refractivity (Wildman–Crippen MR) is 113 cm³/mol. The summed E-state index contributed by atoms with van der Waals surface area (Å²) in [6, 6.07) is 0.456. The number of hydrogen-bond donors (Lipinski definition) is 2. The average Bonchev–Trinajstić information content (AvgIpc) is 2.75. The van der Waals surface area contributed by atoms with Crippen LogP contribution in [-0.4, -0.2) is 30.6 Å². The van der Waals surface area contributed by atoms with Crippen molar-refractivity contribution in [2.45, 2.75) is 66.3 Å². The molecule has 6 heteroatoms. The van der Waals surface area contributed by atoms with Gasteiger partial charge in [0.1, 0.15) is 0 Å². The van der Waals surface area contributed by atoms with E-state index in [0.29, 0.717) is 6.04 Å². The number of halogens is 1. The SMILES string of the molecule is CN=C(NCCc1sc(C)nc1C)NC(C)CCCC(C)C.I. The molecule has 0 aliphatic carbocycles. The van der Waals surface area contributed by atoms with Crippen molar-refractivity contribution < 1.29 is 0 Å². The minimum absolute atomic E-state index is 0. The van der Waals surface area contributed by atoms with E-state index in [4.69, 9.17) is 0 Å². The van der Waals surface area contributed by atoms with E-state index in [0.717, 1.165) is 35.5 Å². The van der Waals surface area contributed by atoms with Gasteiger partial charge in [0.25, 0.3) is 0 Å². The minimum Gasteiger partial charge on any atom is -0.356 e. The zero-order valence-electron chi connectivity index (χ0n) is 15.4. The van der Waals surface area contributed by atoms with Crippen molar-refractivity contribution in [2.24, 2.45) is 10.9 Å². The van der Waals surface area contributed by atoms with Gasteiger partial charge in [0, 0.05) is 30.9 Å². The van der Waals surface area contributed by atoms with Gasteiger partial charge in [-0.05, 0) is 33.1 Å². The molecule has 2 N–H and O–H groups in total. The van der Waals surface area contributed by atoms with Gasteiger partial charge in [-0.3, -0.25) is 4.99 Å². The first-order chi connectivity index (χ1) is 10.4. The van der Waals surface area contributed by atoms with Crippen LogP contribution in [-0.2, 0) is 6.42 Å². The van der Waals surface area contributed by atoms with E-state index in [1.165, 1.54) is 24.1 Å². The van der Waals surface area contributed by atoms with Crippen molar-refractivity contribution in [2.75, 3.05) is 13.6 Å². The predicted octanol–water partition coefficient (Wildman–Crippen LogP) is 4.30. The van der Waals surface area contributed by atoms with Crippen LogP contribution in [0.25, 0.3) is 0 Å². The highest BCUT2D eigenvalue weighted by Gasteiger charge is 2.07. The molecule has 0 aliphatic rings. The zero-order valence-corrected chi connectivity index (χ0v) is 18.5. The summed E-state index contributed by atoms with van der Waals surface area (Å²) in [6.07, 6.45) is 4.75. The van der Waals surface area contributed by atoms with E-state index in [-0.39, 0.29) is 24.0 Å². The number of aromatic nitrogens is 1. The maximum absolute atomic E-state index is 4.47. The van der Waals surface area contributed by atoms with E-state index >= 15 is 0 Å². The molecule has 0 spiro atoms. The molecule has 23 heavy (non-hydrogen) atoms. The van der Waals surface area contributed by atoms with Crippen molar-refractivity contribution in [1.29, 1.82) is 0 Å². The fourth-order valence-electron chi connectivity index (χ4n) is 2.43. The summed E-state index contributed by atoms with van der Waals surface area (Å²) in [4.78, 5) is 10.1. The summed E-state index contributed by atoms with van der Waals surface area (Å²) in [5.74, 6) is 1.69. The van der Waals surface area contributed by atoms with Crippen molar-refractivity contribution in [3.63, 3.8) is 0 Å². The van der Waals surface area contributed by atoms with Gasteiger partial charge < -0.3 is 10.6 Å². The Kier molecular flexibility index (Phi) is 11.9. The van der Waals surface area contributed by atoms with Gasteiger partial charge in [-0.25, -0.2) is 4.98 Å². The summed E-state index contributed by atoms with van der Waals surface area (Å²) in [5.41, 5.74) is 1.16. The van der Waals surface area contributed by atoms with Crippen LogP contribution >= 0.6 is 35.3 Å². The molecule has 1 aromatic heterocycles. The van der Waals surface area contributed by atoms with E-state index in [2.05, 4.69) is 55.2 Å². The highest BCUT2D eigenvalue weighted by Crippen LogP contribution is 2.17. The first-order valence-electron chi connectivity index (χ1n) is 8.32. The van der Waals surface area contributed by atoms with Crippen molar-refractivity contribution in [3.8, 4) is 0 Å². The van der Waals surface area contributed by atoms with E-state index in [1.807, 2.05) is 7.05 Å². The van der Waals surface area contributed by atoms with E-state index in [9.17, 15) is 0 Å². The number of rotatable bonds is 8. The van der Waals surface area contributed by atoms with Crippen LogP contribution in [0.15, 0.2) is 4.99 Å². The zero-order chi connectivity index (χ0) is 16.5. The Morgan fingerprint density at radius 2 is 1.91 bits per heavy atom. The maximum atomic E-state index is 4.47. The number of guanidine groups is 1. The van der Waals surface area contributed by atoms with Gasteiger partial charge in [0.05, 0.1) is 10.7 Å². The molecule has 0 radical (unpaired) electrons. The maximum Gasteiger partial charge on any atom is 0.191 e. The lowest BCUT2D eigenvalue weighted by atomic mass is 10.0. The van der Waals surface area contributed by atoms with Gasteiger partial charge in [0.15, 0.2) is 5.96 Å². The number of aryl methyl sites for hydroxylation is 2. The Morgan fingerprint density at radius 1 is 1.22 bits per heavy atom. The van der Waals surface area contributed by atoms with Crippen molar-refractivity contribution >= 4 is 41.3 Å². The van der Waals surface area contributed by atoms with Gasteiger partial charge in [-0.1, -0.05) is 26.7 Å². The molecule has 0 saturated carbocycles. The molecule has 134 valence electrons. The second kappa shape index (κ2) is 12.1. The Hall–Kier alpha value is -0.370. The highest BCUT2D eigenvalue weighted by atomic mass is 127. The molecule has 0 aromatic carbocycles. The molecule has 1 atom stereocenters. The van der Waals surface area contributed by atoms with Gasteiger partial charge in [-0.2, -0.15) is 0 Å². The number of nitrogens with one attached hydrogen (secondary N) is 2. The number of hydrogen-bond acceptors (Lipinski definition) is 3. The molecule has 1 rings (SSSR count). The number of nitrogens with zero attached hydrogens (tertiary/aromatic N) is 2. The van der Waals surface area contributed by atoms with Crippen molar-refractivity contribution in [3.05, 3.63) is 15.6 Å². The lowest BCUT2D eigenvalue weighted by Gasteiger charge is -2.18. The third-order valence-electron chi connectivity index (χ3n) is 3.67. The summed E-state index contributed by atoms with van der Waals surface area (Å²) in [6.45, 7) is 11.8. The van der Waals surface area contributed by atoms with Crippen LogP contribution in [0.1, 0.15) is 55.6 Å². The van der Waals surface area contributed by atoms with Crippen molar-refractivity contribution in [1.82, 2.24) is 15.6 Å². The first kappa shape index (κ1) is 22.6. The normalized spacial score (nSPS) is 12.9. The minimum atomic E-state index is 0. The third-order valence-corrected chi connectivity index (χ3v) is 4.80. The van der Waals surface area contributed by atoms with Gasteiger partial charge >= 0.3 is 0 Å². The van der Waals surface area contributed by atoms with E-state index in [1.54, 1.807) is 11.3 Å². The lowest BCUT2D eigenvalue weighted by molar-refractivity contribution is 0.491. The van der Waals surface area contributed by atoms with Crippen LogP contribution in [0.3, 0.4) is 0 Å².